The van der Waals surface area contributed by atoms with E-state index in [1.807, 2.05) is 6.07 Å². The van der Waals surface area contributed by atoms with Crippen molar-refractivity contribution in [2.75, 3.05) is 36.8 Å². The molecular weight excluding hydrogens is 264 g/mol. The molecule has 2 heterocycles. The first-order valence-corrected chi connectivity index (χ1v) is 8.03. The molecule has 2 N–H and O–H groups in total. The Balaban J connectivity index is 1.64. The van der Waals surface area contributed by atoms with Crippen LogP contribution in [0.4, 0.5) is 11.5 Å². The fourth-order valence-corrected chi connectivity index (χ4v) is 4.19. The van der Waals surface area contributed by atoms with E-state index in [0.29, 0.717) is 32.0 Å². The zero-order chi connectivity index (χ0) is 13.5. The minimum absolute atomic E-state index is 0.114. The number of nitrogen functional groups attached to an aromatic ring is 1. The lowest BCUT2D eigenvalue weighted by Gasteiger charge is -2.35. The molecule has 1 aromatic heterocycles. The molecule has 0 spiro atoms. The van der Waals surface area contributed by atoms with E-state index in [9.17, 15) is 8.42 Å². The fourth-order valence-electron chi connectivity index (χ4n) is 2.36. The lowest BCUT2D eigenvalue weighted by molar-refractivity contribution is 0.384. The van der Waals surface area contributed by atoms with Crippen LogP contribution in [0.3, 0.4) is 0 Å². The summed E-state index contributed by atoms with van der Waals surface area (Å²) in [6.45, 7) is 2.53. The Morgan fingerprint density at radius 3 is 2.37 bits per heavy atom. The highest BCUT2D eigenvalue weighted by Crippen LogP contribution is 2.31. The highest BCUT2D eigenvalue weighted by molar-refractivity contribution is 7.90. The number of rotatable bonds is 3. The van der Waals surface area contributed by atoms with Crippen molar-refractivity contribution in [2.24, 2.45) is 0 Å². The highest BCUT2D eigenvalue weighted by atomic mass is 32.2. The quantitative estimate of drug-likeness (QED) is 0.861. The maximum absolute atomic E-state index is 12.1. The molecule has 2 aliphatic rings. The maximum atomic E-state index is 12.1. The van der Waals surface area contributed by atoms with Gasteiger partial charge in [-0.1, -0.05) is 0 Å². The third kappa shape index (κ3) is 2.52. The number of pyridine rings is 1. The third-order valence-corrected chi connectivity index (χ3v) is 6.08. The molecule has 3 rings (SSSR count). The summed E-state index contributed by atoms with van der Waals surface area (Å²) < 4.78 is 25.9. The predicted molar refractivity (Wildman–Crippen MR) is 74.4 cm³/mol. The normalized spacial score (nSPS) is 21.6. The Bertz CT molecular complexity index is 546. The maximum Gasteiger partial charge on any atom is 0.217 e. The van der Waals surface area contributed by atoms with Gasteiger partial charge in [0.05, 0.1) is 17.1 Å². The molecule has 0 radical (unpaired) electrons. The van der Waals surface area contributed by atoms with Crippen LogP contribution in [0.1, 0.15) is 12.8 Å². The first kappa shape index (κ1) is 12.7. The summed E-state index contributed by atoms with van der Waals surface area (Å²) in [6, 6.07) is 3.69. The molecule has 1 saturated carbocycles. The highest BCUT2D eigenvalue weighted by Gasteiger charge is 2.40. The second-order valence-corrected chi connectivity index (χ2v) is 7.28. The zero-order valence-corrected chi connectivity index (χ0v) is 11.5. The van der Waals surface area contributed by atoms with Crippen LogP contribution in [0.2, 0.25) is 0 Å². The topological polar surface area (TPSA) is 79.5 Å². The molecule has 104 valence electrons. The first-order chi connectivity index (χ1) is 9.07. The SMILES string of the molecule is Nc1ccc(N2CCN(S(=O)(=O)C3CC3)CC2)cn1. The first-order valence-electron chi connectivity index (χ1n) is 6.53. The molecule has 19 heavy (non-hydrogen) atoms. The number of hydrogen-bond acceptors (Lipinski definition) is 5. The van der Waals surface area contributed by atoms with Gasteiger partial charge in [-0.05, 0) is 25.0 Å². The van der Waals surface area contributed by atoms with Crippen molar-refractivity contribution in [3.8, 4) is 0 Å². The average Bonchev–Trinajstić information content (AvgIpc) is 3.24. The molecular formula is C12H18N4O2S. The molecule has 0 bridgehead atoms. The Labute approximate surface area is 113 Å². The summed E-state index contributed by atoms with van der Waals surface area (Å²) in [5.41, 5.74) is 6.56. The van der Waals surface area contributed by atoms with Crippen molar-refractivity contribution < 1.29 is 8.42 Å². The van der Waals surface area contributed by atoms with E-state index in [0.717, 1.165) is 18.5 Å². The van der Waals surface area contributed by atoms with Gasteiger partial charge in [0.15, 0.2) is 0 Å². The molecule has 1 aliphatic heterocycles. The van der Waals surface area contributed by atoms with Crippen molar-refractivity contribution in [1.82, 2.24) is 9.29 Å². The Hall–Kier alpha value is -1.34. The van der Waals surface area contributed by atoms with Gasteiger partial charge >= 0.3 is 0 Å². The van der Waals surface area contributed by atoms with E-state index in [1.54, 1.807) is 16.6 Å². The average molecular weight is 282 g/mol. The Kier molecular flexibility index (Phi) is 3.10. The largest absolute Gasteiger partial charge is 0.384 e. The number of nitrogens with two attached hydrogens (primary N) is 1. The third-order valence-electron chi connectivity index (χ3n) is 3.68. The number of aromatic nitrogens is 1. The van der Waals surface area contributed by atoms with Crippen LogP contribution in [-0.4, -0.2) is 49.1 Å². The summed E-state index contributed by atoms with van der Waals surface area (Å²) >= 11 is 0. The molecule has 1 aliphatic carbocycles. The Morgan fingerprint density at radius 2 is 1.84 bits per heavy atom. The second-order valence-electron chi connectivity index (χ2n) is 5.07. The molecule has 0 atom stereocenters. The van der Waals surface area contributed by atoms with E-state index >= 15 is 0 Å². The molecule has 0 aromatic carbocycles. The molecule has 1 aromatic rings. The molecule has 1 saturated heterocycles. The minimum Gasteiger partial charge on any atom is -0.384 e. The number of nitrogens with zero attached hydrogens (tertiary/aromatic N) is 3. The van der Waals surface area contributed by atoms with Crippen LogP contribution < -0.4 is 10.6 Å². The fraction of sp³-hybridized carbons (Fsp3) is 0.583. The van der Waals surface area contributed by atoms with Gasteiger partial charge in [0.25, 0.3) is 0 Å². The van der Waals surface area contributed by atoms with Crippen LogP contribution in [0.25, 0.3) is 0 Å². The zero-order valence-electron chi connectivity index (χ0n) is 10.7. The van der Waals surface area contributed by atoms with E-state index in [4.69, 9.17) is 5.73 Å². The van der Waals surface area contributed by atoms with Crippen LogP contribution in [0, 0.1) is 0 Å². The van der Waals surface area contributed by atoms with Crippen molar-refractivity contribution in [2.45, 2.75) is 18.1 Å². The van der Waals surface area contributed by atoms with Gasteiger partial charge in [-0.3, -0.25) is 0 Å². The monoisotopic (exact) mass is 282 g/mol. The van der Waals surface area contributed by atoms with Gasteiger partial charge in [0.1, 0.15) is 5.82 Å². The number of hydrogen-bond donors (Lipinski definition) is 1. The van der Waals surface area contributed by atoms with Gasteiger partial charge in [0.2, 0.25) is 10.0 Å². The lowest BCUT2D eigenvalue weighted by Crippen LogP contribution is -2.49. The van der Waals surface area contributed by atoms with Gasteiger partial charge in [0, 0.05) is 26.2 Å². The van der Waals surface area contributed by atoms with Crippen molar-refractivity contribution in [3.63, 3.8) is 0 Å². The molecule has 6 nitrogen and oxygen atoms in total. The van der Waals surface area contributed by atoms with Gasteiger partial charge in [-0.15, -0.1) is 0 Å². The summed E-state index contributed by atoms with van der Waals surface area (Å²) in [6.07, 6.45) is 3.38. The van der Waals surface area contributed by atoms with E-state index < -0.39 is 10.0 Å². The summed E-state index contributed by atoms with van der Waals surface area (Å²) in [5.74, 6) is 0.499. The summed E-state index contributed by atoms with van der Waals surface area (Å²) in [7, 11) is -3.03. The van der Waals surface area contributed by atoms with Crippen LogP contribution in [0.5, 0.6) is 0 Å². The van der Waals surface area contributed by atoms with Crippen molar-refractivity contribution >= 4 is 21.5 Å². The number of sulfonamides is 1. The number of piperazine rings is 1. The van der Waals surface area contributed by atoms with Gasteiger partial charge in [-0.25, -0.2) is 13.4 Å². The van der Waals surface area contributed by atoms with Crippen LogP contribution in [-0.2, 0) is 10.0 Å². The van der Waals surface area contributed by atoms with Crippen molar-refractivity contribution in [1.29, 1.82) is 0 Å². The van der Waals surface area contributed by atoms with Crippen molar-refractivity contribution in [3.05, 3.63) is 18.3 Å². The van der Waals surface area contributed by atoms with Gasteiger partial charge in [-0.2, -0.15) is 4.31 Å². The summed E-state index contributed by atoms with van der Waals surface area (Å²) in [5, 5.41) is -0.114. The minimum atomic E-state index is -3.03. The molecule has 2 fully saturated rings. The van der Waals surface area contributed by atoms with E-state index in [1.165, 1.54) is 0 Å². The second kappa shape index (κ2) is 4.64. The molecule has 0 unspecified atom stereocenters. The lowest BCUT2D eigenvalue weighted by atomic mass is 10.3. The smallest absolute Gasteiger partial charge is 0.217 e. The van der Waals surface area contributed by atoms with E-state index in [2.05, 4.69) is 9.88 Å². The molecule has 0 amide bonds. The summed E-state index contributed by atoms with van der Waals surface area (Å²) in [4.78, 5) is 6.21. The molecule has 7 heteroatoms. The van der Waals surface area contributed by atoms with Crippen LogP contribution in [0.15, 0.2) is 18.3 Å². The Morgan fingerprint density at radius 1 is 1.16 bits per heavy atom. The standard InChI is InChI=1S/C12H18N4O2S/c13-12-4-1-10(9-14-12)15-5-7-16(8-6-15)19(17,18)11-2-3-11/h1,4,9,11H,2-3,5-8H2,(H2,13,14). The van der Waals surface area contributed by atoms with E-state index in [-0.39, 0.29) is 5.25 Å². The predicted octanol–water partition coefficient (Wildman–Crippen LogP) is 0.278. The number of anilines is 2. The van der Waals surface area contributed by atoms with Crippen LogP contribution >= 0.6 is 0 Å². The van der Waals surface area contributed by atoms with Gasteiger partial charge < -0.3 is 10.6 Å².